The fourth-order valence-electron chi connectivity index (χ4n) is 3.96. The minimum Gasteiger partial charge on any atom is -0.618 e. The first-order valence-corrected chi connectivity index (χ1v) is 11.1. The number of hydrogen-bond donors (Lipinski definition) is 3. The van der Waals surface area contributed by atoms with E-state index in [0.29, 0.717) is 4.73 Å². The SMILES string of the molecule is O=C(NCc1ccc(-c2ccccc2OC(F)(F)F)c[n+]1[O-])[C@H](O)[C@@H](O)C(=O)N1Cc2ccccc2C1. The number of aliphatic hydroxyl groups excluding tert-OH is 2. The van der Waals surface area contributed by atoms with Gasteiger partial charge in [-0.2, -0.15) is 4.73 Å². The number of nitrogens with one attached hydrogen (secondary N) is 1. The number of pyridine rings is 1. The number of fused-ring (bicyclic) bond motifs is 1. The lowest BCUT2D eigenvalue weighted by atomic mass is 10.1. The third kappa shape index (κ3) is 5.98. The first-order valence-electron chi connectivity index (χ1n) is 11.1. The van der Waals surface area contributed by atoms with Gasteiger partial charge in [0.15, 0.2) is 18.4 Å². The van der Waals surface area contributed by atoms with Crippen molar-refractivity contribution >= 4 is 11.8 Å². The summed E-state index contributed by atoms with van der Waals surface area (Å²) >= 11 is 0. The van der Waals surface area contributed by atoms with E-state index in [9.17, 15) is 38.2 Å². The molecular formula is C25H22F3N3O6. The van der Waals surface area contributed by atoms with E-state index in [1.54, 1.807) is 0 Å². The first-order chi connectivity index (χ1) is 17.5. The third-order valence-corrected chi connectivity index (χ3v) is 5.84. The van der Waals surface area contributed by atoms with Gasteiger partial charge in [0.25, 0.3) is 11.8 Å². The minimum atomic E-state index is -4.92. The molecule has 3 aromatic rings. The monoisotopic (exact) mass is 517 g/mol. The zero-order valence-electron chi connectivity index (χ0n) is 19.2. The highest BCUT2D eigenvalue weighted by atomic mass is 19.4. The molecule has 0 spiro atoms. The number of alkyl halides is 3. The number of hydrogen-bond acceptors (Lipinski definition) is 6. The summed E-state index contributed by atoms with van der Waals surface area (Å²) < 4.78 is 42.4. The quantitative estimate of drug-likeness (QED) is 0.324. The van der Waals surface area contributed by atoms with Crippen molar-refractivity contribution in [3.8, 4) is 16.9 Å². The Kier molecular flexibility index (Phi) is 7.32. The number of rotatable bonds is 7. The average molecular weight is 517 g/mol. The van der Waals surface area contributed by atoms with Crippen molar-refractivity contribution in [1.29, 1.82) is 0 Å². The standard InChI is InChI=1S/C25H22F3N3O6/c26-25(27,28)37-20-8-4-3-7-19(20)17-9-10-18(31(36)14-17)11-29-23(34)21(32)22(33)24(35)30-12-15-5-1-2-6-16(15)13-30/h1-10,14,21-22,32-33H,11-13H2,(H,29,34)/t21-,22-/m1/s1. The number of para-hydroxylation sites is 1. The van der Waals surface area contributed by atoms with Gasteiger partial charge >= 0.3 is 6.36 Å². The van der Waals surface area contributed by atoms with Crippen LogP contribution >= 0.6 is 0 Å². The van der Waals surface area contributed by atoms with Crippen LogP contribution in [0.4, 0.5) is 13.2 Å². The van der Waals surface area contributed by atoms with Crippen LogP contribution in [0.25, 0.3) is 11.1 Å². The van der Waals surface area contributed by atoms with E-state index >= 15 is 0 Å². The molecule has 0 unspecified atom stereocenters. The molecule has 4 rings (SSSR count). The second-order valence-electron chi connectivity index (χ2n) is 8.35. The van der Waals surface area contributed by atoms with Crippen molar-refractivity contribution in [2.24, 2.45) is 0 Å². The zero-order chi connectivity index (χ0) is 26.7. The van der Waals surface area contributed by atoms with E-state index in [4.69, 9.17) is 0 Å². The molecule has 0 radical (unpaired) electrons. The smallest absolute Gasteiger partial charge is 0.573 e. The minimum absolute atomic E-state index is 0.00525. The molecule has 1 aromatic heterocycles. The third-order valence-electron chi connectivity index (χ3n) is 5.84. The number of aromatic nitrogens is 1. The van der Waals surface area contributed by atoms with E-state index in [-0.39, 0.29) is 36.5 Å². The van der Waals surface area contributed by atoms with Crippen LogP contribution in [0.2, 0.25) is 0 Å². The Morgan fingerprint density at radius 3 is 2.24 bits per heavy atom. The topological polar surface area (TPSA) is 126 Å². The van der Waals surface area contributed by atoms with Crippen LogP contribution in [-0.4, -0.2) is 45.5 Å². The van der Waals surface area contributed by atoms with E-state index < -0.39 is 36.1 Å². The summed E-state index contributed by atoms with van der Waals surface area (Å²) in [6, 6.07) is 15.3. The highest BCUT2D eigenvalue weighted by molar-refractivity contribution is 5.90. The highest BCUT2D eigenvalue weighted by Crippen LogP contribution is 2.33. The van der Waals surface area contributed by atoms with Crippen molar-refractivity contribution in [2.75, 3.05) is 0 Å². The van der Waals surface area contributed by atoms with E-state index in [1.165, 1.54) is 35.2 Å². The number of nitrogens with zero attached hydrogens (tertiary/aromatic N) is 2. The second-order valence-corrected chi connectivity index (χ2v) is 8.35. The normalized spacial score (nSPS) is 14.6. The van der Waals surface area contributed by atoms with Crippen molar-refractivity contribution < 1.29 is 42.4 Å². The maximum Gasteiger partial charge on any atom is 0.573 e. The van der Waals surface area contributed by atoms with E-state index in [1.807, 2.05) is 24.3 Å². The molecule has 37 heavy (non-hydrogen) atoms. The fraction of sp³-hybridized carbons (Fsp3) is 0.240. The van der Waals surface area contributed by atoms with Crippen LogP contribution in [-0.2, 0) is 29.2 Å². The van der Waals surface area contributed by atoms with Gasteiger partial charge in [-0.25, -0.2) is 0 Å². The van der Waals surface area contributed by atoms with Gasteiger partial charge in [-0.1, -0.05) is 42.5 Å². The number of amides is 2. The molecule has 2 aromatic carbocycles. The number of aliphatic hydroxyl groups is 2. The van der Waals surface area contributed by atoms with Crippen molar-refractivity contribution in [1.82, 2.24) is 10.2 Å². The van der Waals surface area contributed by atoms with Gasteiger partial charge in [0.1, 0.15) is 12.3 Å². The van der Waals surface area contributed by atoms with Crippen LogP contribution in [0.5, 0.6) is 5.75 Å². The lowest BCUT2D eigenvalue weighted by Crippen LogP contribution is -2.50. The van der Waals surface area contributed by atoms with Crippen LogP contribution in [0.15, 0.2) is 66.9 Å². The Labute approximate surface area is 208 Å². The summed E-state index contributed by atoms with van der Waals surface area (Å²) in [4.78, 5) is 26.2. The maximum absolute atomic E-state index is 12.7. The number of carbonyl (C=O) groups excluding carboxylic acids is 2. The summed E-state index contributed by atoms with van der Waals surface area (Å²) in [6.45, 7) is 0.0938. The first kappa shape index (κ1) is 25.9. The van der Waals surface area contributed by atoms with Gasteiger partial charge in [0, 0.05) is 24.7 Å². The van der Waals surface area contributed by atoms with Crippen molar-refractivity contribution in [2.45, 2.75) is 38.2 Å². The van der Waals surface area contributed by atoms with Crippen molar-refractivity contribution in [3.05, 3.63) is 88.9 Å². The summed E-state index contributed by atoms with van der Waals surface area (Å²) in [5.74, 6) is -2.38. The van der Waals surface area contributed by atoms with Crippen LogP contribution < -0.4 is 14.8 Å². The molecule has 194 valence electrons. The highest BCUT2D eigenvalue weighted by Gasteiger charge is 2.36. The molecule has 2 atom stereocenters. The average Bonchev–Trinajstić information content (AvgIpc) is 3.30. The van der Waals surface area contributed by atoms with Gasteiger partial charge in [-0.15, -0.1) is 13.2 Å². The zero-order valence-corrected chi connectivity index (χ0v) is 19.2. The molecule has 9 nitrogen and oxygen atoms in total. The van der Waals surface area contributed by atoms with Gasteiger partial charge in [0.2, 0.25) is 5.69 Å². The fourth-order valence-corrected chi connectivity index (χ4v) is 3.96. The van der Waals surface area contributed by atoms with E-state index in [2.05, 4.69) is 10.1 Å². The van der Waals surface area contributed by atoms with Gasteiger partial charge < -0.3 is 30.4 Å². The number of benzene rings is 2. The Morgan fingerprint density at radius 2 is 1.62 bits per heavy atom. The van der Waals surface area contributed by atoms with Gasteiger partial charge in [-0.3, -0.25) is 9.59 Å². The molecule has 0 aliphatic carbocycles. The number of carbonyl (C=O) groups is 2. The lowest BCUT2D eigenvalue weighted by Gasteiger charge is -2.22. The lowest BCUT2D eigenvalue weighted by molar-refractivity contribution is -0.613. The maximum atomic E-state index is 12.7. The van der Waals surface area contributed by atoms with Gasteiger partial charge in [0.05, 0.1) is 5.56 Å². The molecule has 3 N–H and O–H groups in total. The molecule has 0 saturated heterocycles. The second kappa shape index (κ2) is 10.4. The van der Waals surface area contributed by atoms with Crippen LogP contribution in [0.3, 0.4) is 0 Å². The Balaban J connectivity index is 1.37. The van der Waals surface area contributed by atoms with Crippen LogP contribution in [0, 0.1) is 5.21 Å². The molecule has 0 saturated carbocycles. The van der Waals surface area contributed by atoms with Crippen LogP contribution in [0.1, 0.15) is 16.8 Å². The summed E-state index contributed by atoms with van der Waals surface area (Å²) in [6.07, 6.45) is -8.00. The van der Waals surface area contributed by atoms with E-state index in [0.717, 1.165) is 23.4 Å². The Hall–Kier alpha value is -4.16. The predicted octanol–water partition coefficient (Wildman–Crippen LogP) is 1.77. The summed E-state index contributed by atoms with van der Waals surface area (Å²) in [5.41, 5.74) is 1.96. The molecule has 1 aliphatic heterocycles. The molecule has 0 bridgehead atoms. The summed E-state index contributed by atoms with van der Waals surface area (Å²) in [5, 5.41) is 35.2. The summed E-state index contributed by atoms with van der Waals surface area (Å²) in [7, 11) is 0. The molecular weight excluding hydrogens is 495 g/mol. The van der Waals surface area contributed by atoms with Gasteiger partial charge in [-0.05, 0) is 23.3 Å². The number of ether oxygens (including phenoxy) is 1. The molecule has 0 fully saturated rings. The molecule has 12 heteroatoms. The predicted molar refractivity (Wildman–Crippen MR) is 122 cm³/mol. The largest absolute Gasteiger partial charge is 0.618 e. The molecule has 2 amide bonds. The number of halogens is 3. The molecule has 1 aliphatic rings. The Bertz CT molecular complexity index is 1290. The molecule has 2 heterocycles. The van der Waals surface area contributed by atoms with Crippen molar-refractivity contribution in [3.63, 3.8) is 0 Å². The Morgan fingerprint density at radius 1 is 1.00 bits per heavy atom.